The number of para-hydroxylation sites is 1. The van der Waals surface area contributed by atoms with Gasteiger partial charge in [-0.2, -0.15) is 5.10 Å². The number of hydrogen-bond acceptors (Lipinski definition) is 3. The Hall–Kier alpha value is -2.57. The summed E-state index contributed by atoms with van der Waals surface area (Å²) in [6, 6.07) is 6.89. The van der Waals surface area contributed by atoms with Gasteiger partial charge in [0.25, 0.3) is 0 Å². The molecule has 2 heterocycles. The van der Waals surface area contributed by atoms with Crippen molar-refractivity contribution < 1.29 is 4.39 Å². The summed E-state index contributed by atoms with van der Waals surface area (Å²) >= 11 is 0. The minimum Gasteiger partial charge on any atom is -0.372 e. The molecule has 0 amide bonds. The lowest BCUT2D eigenvalue weighted by Gasteiger charge is -2.23. The van der Waals surface area contributed by atoms with Crippen molar-refractivity contribution in [3.63, 3.8) is 0 Å². The number of likely N-dealkylation sites (tertiary alicyclic amines) is 1. The van der Waals surface area contributed by atoms with Gasteiger partial charge in [-0.15, -0.1) is 0 Å². The number of halogens is 1. The van der Waals surface area contributed by atoms with Crippen molar-refractivity contribution in [1.29, 1.82) is 0 Å². The topological polar surface area (TPSA) is 48.7 Å². The van der Waals surface area contributed by atoms with Crippen molar-refractivity contribution in [2.75, 3.05) is 45.2 Å². The number of rotatable bonds is 6. The fourth-order valence-electron chi connectivity index (χ4n) is 3.61. The van der Waals surface area contributed by atoms with E-state index in [4.69, 9.17) is 0 Å². The molecular formula is C20H29FN6. The van der Waals surface area contributed by atoms with Crippen LogP contribution in [0.1, 0.15) is 24.3 Å². The van der Waals surface area contributed by atoms with Crippen LogP contribution in [-0.4, -0.2) is 60.9 Å². The van der Waals surface area contributed by atoms with E-state index in [-0.39, 0.29) is 5.82 Å². The third-order valence-electron chi connectivity index (χ3n) is 5.11. The van der Waals surface area contributed by atoms with E-state index in [1.165, 1.54) is 11.6 Å². The SMILES string of the molecule is CN=C(NCCCN(C)c1ccccc1F)N1CCC(c2cnn(C)c2)C1. The first-order valence-corrected chi connectivity index (χ1v) is 9.48. The largest absolute Gasteiger partial charge is 0.372 e. The van der Waals surface area contributed by atoms with Crippen molar-refractivity contribution in [2.24, 2.45) is 12.0 Å². The van der Waals surface area contributed by atoms with Gasteiger partial charge in [-0.1, -0.05) is 12.1 Å². The summed E-state index contributed by atoms with van der Waals surface area (Å²) in [4.78, 5) is 8.69. The molecule has 27 heavy (non-hydrogen) atoms. The number of hydrogen-bond donors (Lipinski definition) is 1. The summed E-state index contributed by atoms with van der Waals surface area (Å²) in [5.41, 5.74) is 1.93. The molecule has 1 aromatic heterocycles. The van der Waals surface area contributed by atoms with Gasteiger partial charge >= 0.3 is 0 Å². The molecule has 146 valence electrons. The molecule has 1 saturated heterocycles. The maximum absolute atomic E-state index is 13.8. The maximum atomic E-state index is 13.8. The Kier molecular flexibility index (Phi) is 6.32. The summed E-state index contributed by atoms with van der Waals surface area (Å²) < 4.78 is 15.7. The van der Waals surface area contributed by atoms with Crippen molar-refractivity contribution in [1.82, 2.24) is 20.0 Å². The zero-order chi connectivity index (χ0) is 19.2. The Balaban J connectivity index is 1.44. The van der Waals surface area contributed by atoms with Gasteiger partial charge in [0.05, 0.1) is 11.9 Å². The van der Waals surface area contributed by atoms with E-state index in [0.29, 0.717) is 11.6 Å². The van der Waals surface area contributed by atoms with Gasteiger partial charge in [0.1, 0.15) is 5.82 Å². The zero-order valence-corrected chi connectivity index (χ0v) is 16.4. The van der Waals surface area contributed by atoms with Crippen molar-refractivity contribution in [3.05, 3.63) is 48.0 Å². The molecular weight excluding hydrogens is 343 g/mol. The molecule has 1 fully saturated rings. The van der Waals surface area contributed by atoms with E-state index in [9.17, 15) is 4.39 Å². The van der Waals surface area contributed by atoms with Crippen molar-refractivity contribution in [2.45, 2.75) is 18.8 Å². The molecule has 0 bridgehead atoms. The number of aliphatic imine (C=N–C) groups is 1. The van der Waals surface area contributed by atoms with Crippen molar-refractivity contribution in [3.8, 4) is 0 Å². The lowest BCUT2D eigenvalue weighted by molar-refractivity contribution is 0.485. The minimum absolute atomic E-state index is 0.178. The Bertz CT molecular complexity index is 771. The highest BCUT2D eigenvalue weighted by atomic mass is 19.1. The second-order valence-electron chi connectivity index (χ2n) is 7.08. The third-order valence-corrected chi connectivity index (χ3v) is 5.11. The monoisotopic (exact) mass is 372 g/mol. The summed E-state index contributed by atoms with van der Waals surface area (Å²) in [6.07, 6.45) is 6.08. The van der Waals surface area contributed by atoms with Gasteiger partial charge in [-0.3, -0.25) is 9.67 Å². The van der Waals surface area contributed by atoms with E-state index >= 15 is 0 Å². The number of aromatic nitrogens is 2. The molecule has 1 aliphatic rings. The number of nitrogens with one attached hydrogen (secondary N) is 1. The Morgan fingerprint density at radius 2 is 2.22 bits per heavy atom. The Morgan fingerprint density at radius 3 is 2.93 bits per heavy atom. The number of aryl methyl sites for hydroxylation is 1. The van der Waals surface area contributed by atoms with Crippen LogP contribution >= 0.6 is 0 Å². The normalized spacial score (nSPS) is 17.4. The molecule has 1 aliphatic heterocycles. The Labute approximate surface area is 160 Å². The second kappa shape index (κ2) is 8.88. The third kappa shape index (κ3) is 4.78. The van der Waals surface area contributed by atoms with Crippen LogP contribution in [0.3, 0.4) is 0 Å². The molecule has 1 aromatic carbocycles. The average Bonchev–Trinajstić information content (AvgIpc) is 3.31. The van der Waals surface area contributed by atoms with Gasteiger partial charge in [0.15, 0.2) is 5.96 Å². The first-order valence-electron chi connectivity index (χ1n) is 9.48. The summed E-state index contributed by atoms with van der Waals surface area (Å²) in [5, 5.41) is 7.73. The first-order chi connectivity index (χ1) is 13.1. The fourth-order valence-corrected chi connectivity index (χ4v) is 3.61. The highest BCUT2D eigenvalue weighted by molar-refractivity contribution is 5.80. The maximum Gasteiger partial charge on any atom is 0.193 e. The summed E-state index contributed by atoms with van der Waals surface area (Å²) in [7, 11) is 5.70. The van der Waals surface area contributed by atoms with Crippen LogP contribution in [-0.2, 0) is 7.05 Å². The van der Waals surface area contributed by atoms with Crippen LogP contribution in [0, 0.1) is 5.82 Å². The van der Waals surface area contributed by atoms with Crippen LogP contribution in [0.5, 0.6) is 0 Å². The molecule has 0 saturated carbocycles. The lowest BCUT2D eigenvalue weighted by atomic mass is 10.0. The fraction of sp³-hybridized carbons (Fsp3) is 0.500. The van der Waals surface area contributed by atoms with Gasteiger partial charge in [-0.05, 0) is 30.5 Å². The van der Waals surface area contributed by atoms with E-state index < -0.39 is 0 Å². The van der Waals surface area contributed by atoms with Crippen LogP contribution in [0.2, 0.25) is 0 Å². The molecule has 6 nitrogen and oxygen atoms in total. The van der Waals surface area contributed by atoms with Crippen LogP contribution in [0.25, 0.3) is 0 Å². The minimum atomic E-state index is -0.178. The lowest BCUT2D eigenvalue weighted by Crippen LogP contribution is -2.41. The zero-order valence-electron chi connectivity index (χ0n) is 16.4. The average molecular weight is 372 g/mol. The number of nitrogens with zero attached hydrogens (tertiary/aromatic N) is 5. The van der Waals surface area contributed by atoms with Gasteiger partial charge in [0.2, 0.25) is 0 Å². The molecule has 3 rings (SSSR count). The Morgan fingerprint density at radius 1 is 1.41 bits per heavy atom. The van der Waals surface area contributed by atoms with E-state index in [0.717, 1.165) is 45.0 Å². The first kappa shape index (κ1) is 19.2. The molecule has 1 unspecified atom stereocenters. The summed E-state index contributed by atoms with van der Waals surface area (Å²) in [6.45, 7) is 3.54. The quantitative estimate of drug-likeness (QED) is 0.481. The second-order valence-corrected chi connectivity index (χ2v) is 7.08. The summed E-state index contributed by atoms with van der Waals surface area (Å²) in [5.74, 6) is 1.27. The van der Waals surface area contributed by atoms with Gasteiger partial charge in [-0.25, -0.2) is 4.39 Å². The number of guanidine groups is 1. The van der Waals surface area contributed by atoms with Crippen LogP contribution in [0.15, 0.2) is 41.7 Å². The highest BCUT2D eigenvalue weighted by Gasteiger charge is 2.26. The molecule has 7 heteroatoms. The molecule has 2 aromatic rings. The van der Waals surface area contributed by atoms with Crippen molar-refractivity contribution >= 4 is 11.6 Å². The smallest absolute Gasteiger partial charge is 0.193 e. The standard InChI is InChI=1S/C20H29FN6/c1-22-20(27-12-9-16(15-27)17-13-24-26(3)14-17)23-10-6-11-25(2)19-8-5-4-7-18(19)21/h4-5,7-8,13-14,16H,6,9-12,15H2,1-3H3,(H,22,23). The molecule has 0 aliphatic carbocycles. The number of benzene rings is 1. The van der Waals surface area contributed by atoms with Gasteiger partial charge in [0, 0.05) is 59.4 Å². The highest BCUT2D eigenvalue weighted by Crippen LogP contribution is 2.26. The molecule has 0 radical (unpaired) electrons. The predicted molar refractivity (Wildman–Crippen MR) is 108 cm³/mol. The van der Waals surface area contributed by atoms with E-state index in [2.05, 4.69) is 26.5 Å². The molecule has 0 spiro atoms. The van der Waals surface area contributed by atoms with Crippen LogP contribution in [0.4, 0.5) is 10.1 Å². The van der Waals surface area contributed by atoms with Gasteiger partial charge < -0.3 is 15.1 Å². The van der Waals surface area contributed by atoms with Crippen LogP contribution < -0.4 is 10.2 Å². The van der Waals surface area contributed by atoms with E-state index in [1.807, 2.05) is 49.1 Å². The van der Waals surface area contributed by atoms with E-state index in [1.54, 1.807) is 6.07 Å². The number of anilines is 1. The predicted octanol–water partition coefficient (Wildman–Crippen LogP) is 2.45. The molecule has 1 N–H and O–H groups in total. The molecule has 1 atom stereocenters.